The summed E-state index contributed by atoms with van der Waals surface area (Å²) in [7, 11) is 0. The molecule has 2 atom stereocenters. The minimum Gasteiger partial charge on any atom is -0.360 e. The molecule has 3 heteroatoms. The highest BCUT2D eigenvalue weighted by atomic mass is 32.2. The first-order valence-corrected chi connectivity index (χ1v) is 5.84. The molecule has 2 fully saturated rings. The van der Waals surface area contributed by atoms with Crippen LogP contribution in [0, 0.1) is 0 Å². The van der Waals surface area contributed by atoms with Crippen LogP contribution >= 0.6 is 11.8 Å². The molecule has 0 saturated carbocycles. The first-order chi connectivity index (χ1) is 5.79. The van der Waals surface area contributed by atoms with Gasteiger partial charge < -0.3 is 4.74 Å². The number of thioether (sulfide) groups is 1. The summed E-state index contributed by atoms with van der Waals surface area (Å²) >= 11 is 2.11. The molecule has 2 saturated heterocycles. The van der Waals surface area contributed by atoms with Gasteiger partial charge in [0.15, 0.2) is 0 Å². The number of hydrogen-bond acceptors (Lipinski definition) is 3. The molecule has 2 rings (SSSR count). The largest absolute Gasteiger partial charge is 0.360 e. The Labute approximate surface area is 78.4 Å². The predicted molar refractivity (Wildman–Crippen MR) is 52.5 cm³/mol. The fourth-order valence-corrected chi connectivity index (χ4v) is 3.45. The second-order valence-corrected chi connectivity index (χ2v) is 5.25. The maximum atomic E-state index is 5.68. The van der Waals surface area contributed by atoms with Crippen LogP contribution in [0.15, 0.2) is 0 Å². The van der Waals surface area contributed by atoms with Crippen LogP contribution in [0.4, 0.5) is 0 Å². The van der Waals surface area contributed by atoms with Gasteiger partial charge in [0.2, 0.25) is 0 Å². The quantitative estimate of drug-likeness (QED) is 0.709. The van der Waals surface area contributed by atoms with Crippen molar-refractivity contribution < 1.29 is 4.74 Å². The average Bonchev–Trinajstić information content (AvgIpc) is 2.62. The molecule has 0 amide bonds. The van der Waals surface area contributed by atoms with E-state index in [9.17, 15) is 0 Å². The number of ether oxygens (including phenoxy) is 1. The summed E-state index contributed by atoms with van der Waals surface area (Å²) in [5.41, 5.74) is -0.0119. The zero-order valence-corrected chi connectivity index (χ0v) is 8.45. The maximum absolute atomic E-state index is 5.68. The number of rotatable bonds is 2. The lowest BCUT2D eigenvalue weighted by Crippen LogP contribution is -2.39. The van der Waals surface area contributed by atoms with Crippen molar-refractivity contribution >= 4 is 11.8 Å². The van der Waals surface area contributed by atoms with E-state index in [1.54, 1.807) is 0 Å². The van der Waals surface area contributed by atoms with Crippen LogP contribution in [0.1, 0.15) is 26.2 Å². The van der Waals surface area contributed by atoms with Crippen LogP contribution < -0.4 is 5.32 Å². The zero-order chi connectivity index (χ0) is 8.44. The summed E-state index contributed by atoms with van der Waals surface area (Å²) in [4.78, 5) is 0. The first kappa shape index (κ1) is 8.85. The zero-order valence-electron chi connectivity index (χ0n) is 7.64. The van der Waals surface area contributed by atoms with Gasteiger partial charge in [-0.1, -0.05) is 0 Å². The van der Waals surface area contributed by atoms with Gasteiger partial charge in [0.1, 0.15) is 5.72 Å². The Morgan fingerprint density at radius 3 is 3.17 bits per heavy atom. The lowest BCUT2D eigenvalue weighted by Gasteiger charge is -2.26. The number of hydrogen-bond donors (Lipinski definition) is 1. The molecule has 2 aliphatic rings. The van der Waals surface area contributed by atoms with Gasteiger partial charge in [-0.2, -0.15) is 11.8 Å². The Morgan fingerprint density at radius 1 is 1.67 bits per heavy atom. The first-order valence-electron chi connectivity index (χ1n) is 4.79. The highest BCUT2D eigenvalue weighted by Crippen LogP contribution is 2.33. The van der Waals surface area contributed by atoms with Crippen LogP contribution in [0.5, 0.6) is 0 Å². The van der Waals surface area contributed by atoms with Crippen molar-refractivity contribution in [2.24, 2.45) is 0 Å². The molecule has 2 heterocycles. The van der Waals surface area contributed by atoms with E-state index < -0.39 is 0 Å². The van der Waals surface area contributed by atoms with Crippen molar-refractivity contribution in [3.63, 3.8) is 0 Å². The van der Waals surface area contributed by atoms with Crippen molar-refractivity contribution in [2.45, 2.75) is 37.2 Å². The topological polar surface area (TPSA) is 21.3 Å². The predicted octanol–water partition coefficient (Wildman–Crippen LogP) is 1.61. The summed E-state index contributed by atoms with van der Waals surface area (Å²) < 4.78 is 5.68. The van der Waals surface area contributed by atoms with E-state index in [0.29, 0.717) is 0 Å². The van der Waals surface area contributed by atoms with Gasteiger partial charge in [0.05, 0.1) is 6.61 Å². The molecule has 0 aromatic carbocycles. The highest BCUT2D eigenvalue weighted by molar-refractivity contribution is 8.00. The Hall–Kier alpha value is 0.270. The minimum absolute atomic E-state index is 0.0119. The normalized spacial score (nSPS) is 42.2. The average molecular weight is 187 g/mol. The molecule has 2 aliphatic heterocycles. The van der Waals surface area contributed by atoms with Crippen molar-refractivity contribution in [2.75, 3.05) is 18.9 Å². The molecule has 2 unspecified atom stereocenters. The smallest absolute Gasteiger partial charge is 0.117 e. The molecule has 12 heavy (non-hydrogen) atoms. The maximum Gasteiger partial charge on any atom is 0.117 e. The van der Waals surface area contributed by atoms with Crippen LogP contribution in [0.2, 0.25) is 0 Å². The van der Waals surface area contributed by atoms with Crippen molar-refractivity contribution in [3.05, 3.63) is 0 Å². The van der Waals surface area contributed by atoms with E-state index in [0.717, 1.165) is 18.4 Å². The third-order valence-corrected chi connectivity index (χ3v) is 4.06. The van der Waals surface area contributed by atoms with Gasteiger partial charge in [-0.3, -0.25) is 5.32 Å². The molecular formula is C9H17NOS. The lowest BCUT2D eigenvalue weighted by molar-refractivity contribution is -0.000742. The fourth-order valence-electron chi connectivity index (χ4n) is 2.01. The van der Waals surface area contributed by atoms with Crippen molar-refractivity contribution in [1.82, 2.24) is 5.32 Å². The van der Waals surface area contributed by atoms with Crippen LogP contribution in [0.25, 0.3) is 0 Å². The Balaban J connectivity index is 1.83. The van der Waals surface area contributed by atoms with Gasteiger partial charge in [-0.15, -0.1) is 0 Å². The van der Waals surface area contributed by atoms with E-state index in [-0.39, 0.29) is 5.72 Å². The lowest BCUT2D eigenvalue weighted by atomic mass is 10.1. The van der Waals surface area contributed by atoms with Crippen molar-refractivity contribution in [1.29, 1.82) is 0 Å². The van der Waals surface area contributed by atoms with Gasteiger partial charge >= 0.3 is 0 Å². The monoisotopic (exact) mass is 187 g/mol. The summed E-state index contributed by atoms with van der Waals surface area (Å²) in [5, 5.41) is 4.26. The summed E-state index contributed by atoms with van der Waals surface area (Å²) in [6.07, 6.45) is 3.95. The third-order valence-electron chi connectivity index (χ3n) is 2.66. The molecule has 70 valence electrons. The molecule has 1 N–H and O–H groups in total. The van der Waals surface area contributed by atoms with Gasteiger partial charge in [-0.25, -0.2) is 0 Å². The van der Waals surface area contributed by atoms with Crippen LogP contribution in [-0.2, 0) is 4.74 Å². The number of nitrogens with one attached hydrogen (secondary N) is 1. The van der Waals surface area contributed by atoms with E-state index in [4.69, 9.17) is 4.74 Å². The van der Waals surface area contributed by atoms with Gasteiger partial charge in [0.25, 0.3) is 0 Å². The molecule has 0 spiro atoms. The Morgan fingerprint density at radius 2 is 2.58 bits per heavy atom. The molecular weight excluding hydrogens is 170 g/mol. The van der Waals surface area contributed by atoms with Crippen LogP contribution in [0.3, 0.4) is 0 Å². The fraction of sp³-hybridized carbons (Fsp3) is 1.00. The Kier molecular flexibility index (Phi) is 2.63. The van der Waals surface area contributed by atoms with E-state index >= 15 is 0 Å². The molecule has 0 aliphatic carbocycles. The highest BCUT2D eigenvalue weighted by Gasteiger charge is 2.33. The SMILES string of the molecule is CC1(CC2CCCS2)NCCO1. The standard InChI is InChI=1S/C9H17NOS/c1-9(10-4-5-11-9)7-8-3-2-6-12-8/h8,10H,2-7H2,1H3. The second-order valence-electron chi connectivity index (χ2n) is 3.85. The van der Waals surface area contributed by atoms with E-state index in [1.807, 2.05) is 0 Å². The van der Waals surface area contributed by atoms with Gasteiger partial charge in [0, 0.05) is 18.2 Å². The molecule has 0 radical (unpaired) electrons. The Bertz CT molecular complexity index is 151. The molecule has 0 bridgehead atoms. The van der Waals surface area contributed by atoms with Crippen molar-refractivity contribution in [3.8, 4) is 0 Å². The van der Waals surface area contributed by atoms with Gasteiger partial charge in [-0.05, 0) is 25.5 Å². The van der Waals surface area contributed by atoms with E-state index in [2.05, 4.69) is 24.0 Å². The van der Waals surface area contributed by atoms with Crippen LogP contribution in [-0.4, -0.2) is 29.9 Å². The third kappa shape index (κ3) is 1.95. The minimum atomic E-state index is -0.0119. The molecule has 0 aromatic heterocycles. The molecule has 0 aromatic rings. The summed E-state index contributed by atoms with van der Waals surface area (Å²) in [6.45, 7) is 4.08. The molecule has 2 nitrogen and oxygen atoms in total. The summed E-state index contributed by atoms with van der Waals surface area (Å²) in [5.74, 6) is 1.35. The summed E-state index contributed by atoms with van der Waals surface area (Å²) in [6, 6.07) is 0. The second kappa shape index (κ2) is 3.56. The van der Waals surface area contributed by atoms with E-state index in [1.165, 1.54) is 25.0 Å².